The van der Waals surface area contributed by atoms with Crippen LogP contribution < -0.4 is 0 Å². The predicted octanol–water partition coefficient (Wildman–Crippen LogP) is 4.78. The van der Waals surface area contributed by atoms with E-state index in [0.29, 0.717) is 16.1 Å². The Morgan fingerprint density at radius 1 is 1.24 bits per heavy atom. The van der Waals surface area contributed by atoms with Crippen LogP contribution in [0.3, 0.4) is 0 Å². The first-order valence-electron chi connectivity index (χ1n) is 4.77. The molecule has 0 aromatic heterocycles. The van der Waals surface area contributed by atoms with Crippen molar-refractivity contribution in [1.82, 2.24) is 0 Å². The molecule has 0 spiro atoms. The molecule has 84 valence electrons. The lowest BCUT2D eigenvalue weighted by Gasteiger charge is -2.08. The van der Waals surface area contributed by atoms with Crippen molar-refractivity contribution >= 4 is 27.5 Å². The minimum atomic E-state index is -0.438. The second kappa shape index (κ2) is 4.87. The number of nitriles is 1. The number of nitrogens with zero attached hydrogens (tertiary/aromatic N) is 1. The Labute approximate surface area is 112 Å². The normalized spacial score (nSPS) is 10.0. The molecule has 0 bridgehead atoms. The monoisotopic (exact) mass is 309 g/mol. The molecule has 0 heterocycles. The minimum Gasteiger partial charge on any atom is -0.206 e. The minimum absolute atomic E-state index is 0.256. The zero-order valence-corrected chi connectivity index (χ0v) is 10.9. The zero-order chi connectivity index (χ0) is 12.4. The summed E-state index contributed by atoms with van der Waals surface area (Å²) < 4.78 is 14.5. The van der Waals surface area contributed by atoms with Crippen LogP contribution in [-0.2, 0) is 0 Å². The largest absolute Gasteiger partial charge is 0.206 e. The van der Waals surface area contributed by atoms with Gasteiger partial charge in [-0.15, -0.1) is 0 Å². The molecule has 2 aromatic carbocycles. The van der Waals surface area contributed by atoms with Gasteiger partial charge in [0.05, 0.1) is 16.7 Å². The molecular weight excluding hydrogens is 305 g/mol. The van der Waals surface area contributed by atoms with E-state index >= 15 is 0 Å². The zero-order valence-electron chi connectivity index (χ0n) is 8.55. The van der Waals surface area contributed by atoms with Gasteiger partial charge in [0.15, 0.2) is 0 Å². The van der Waals surface area contributed by atoms with E-state index < -0.39 is 5.82 Å². The second-order valence-corrected chi connectivity index (χ2v) is 4.72. The molecule has 0 aliphatic carbocycles. The van der Waals surface area contributed by atoms with Crippen LogP contribution in [-0.4, -0.2) is 0 Å². The first-order valence-corrected chi connectivity index (χ1v) is 5.94. The topological polar surface area (TPSA) is 23.8 Å². The molecule has 0 N–H and O–H groups in total. The molecule has 0 radical (unpaired) electrons. The van der Waals surface area contributed by atoms with Crippen molar-refractivity contribution in [3.63, 3.8) is 0 Å². The van der Waals surface area contributed by atoms with E-state index in [9.17, 15) is 4.39 Å². The molecule has 0 aliphatic rings. The van der Waals surface area contributed by atoms with Crippen molar-refractivity contribution in [3.8, 4) is 17.2 Å². The molecule has 1 nitrogen and oxygen atoms in total. The molecule has 0 atom stereocenters. The Bertz CT molecular complexity index is 599. The van der Waals surface area contributed by atoms with Crippen LogP contribution in [0.4, 0.5) is 4.39 Å². The van der Waals surface area contributed by atoms with Crippen LogP contribution in [0.15, 0.2) is 40.9 Å². The Hall–Kier alpha value is -1.37. The summed E-state index contributed by atoms with van der Waals surface area (Å²) in [6, 6.07) is 11.5. The van der Waals surface area contributed by atoms with Crippen molar-refractivity contribution < 1.29 is 4.39 Å². The highest BCUT2D eigenvalue weighted by atomic mass is 79.9. The van der Waals surface area contributed by atoms with Gasteiger partial charge in [0.2, 0.25) is 0 Å². The predicted molar refractivity (Wildman–Crippen MR) is 69.3 cm³/mol. The lowest BCUT2D eigenvalue weighted by atomic mass is 10.00. The third-order valence-corrected chi connectivity index (χ3v) is 3.14. The standard InChI is InChI=1S/C13H6BrClFN/c14-9-5-4-8(7-17)10(6-9)13-11(15)2-1-3-12(13)16/h1-6H. The van der Waals surface area contributed by atoms with Gasteiger partial charge in [0, 0.05) is 15.6 Å². The molecule has 0 unspecified atom stereocenters. The van der Waals surface area contributed by atoms with E-state index in [-0.39, 0.29) is 5.56 Å². The maximum absolute atomic E-state index is 13.8. The highest BCUT2D eigenvalue weighted by molar-refractivity contribution is 9.10. The summed E-state index contributed by atoms with van der Waals surface area (Å²) in [6.07, 6.45) is 0. The second-order valence-electron chi connectivity index (χ2n) is 3.40. The quantitative estimate of drug-likeness (QED) is 0.743. The molecule has 4 heteroatoms. The summed E-state index contributed by atoms with van der Waals surface area (Å²) in [5.74, 6) is -0.438. The van der Waals surface area contributed by atoms with Gasteiger partial charge in [-0.3, -0.25) is 0 Å². The number of rotatable bonds is 1. The van der Waals surface area contributed by atoms with Gasteiger partial charge in [-0.05, 0) is 30.3 Å². The van der Waals surface area contributed by atoms with Gasteiger partial charge in [0.25, 0.3) is 0 Å². The number of hydrogen-bond donors (Lipinski definition) is 0. The van der Waals surface area contributed by atoms with Crippen LogP contribution in [0.1, 0.15) is 5.56 Å². The van der Waals surface area contributed by atoms with Gasteiger partial charge >= 0.3 is 0 Å². The number of halogens is 3. The fourth-order valence-corrected chi connectivity index (χ4v) is 2.20. The van der Waals surface area contributed by atoms with E-state index in [0.717, 1.165) is 4.47 Å². The summed E-state index contributed by atoms with van der Waals surface area (Å²) in [6.45, 7) is 0. The Kier molecular flexibility index (Phi) is 3.46. The smallest absolute Gasteiger partial charge is 0.132 e. The molecule has 17 heavy (non-hydrogen) atoms. The summed E-state index contributed by atoms with van der Waals surface area (Å²) in [4.78, 5) is 0. The van der Waals surface area contributed by atoms with Gasteiger partial charge in [-0.1, -0.05) is 33.6 Å². The van der Waals surface area contributed by atoms with Crippen LogP contribution in [0, 0.1) is 17.1 Å². The fraction of sp³-hybridized carbons (Fsp3) is 0. The maximum atomic E-state index is 13.8. The molecule has 0 saturated carbocycles. The summed E-state index contributed by atoms with van der Waals surface area (Å²) >= 11 is 9.28. The molecular formula is C13H6BrClFN. The average molecular weight is 311 g/mol. The third-order valence-electron chi connectivity index (χ3n) is 2.33. The average Bonchev–Trinajstić information content (AvgIpc) is 2.29. The van der Waals surface area contributed by atoms with Crippen LogP contribution in [0.25, 0.3) is 11.1 Å². The molecule has 0 amide bonds. The maximum Gasteiger partial charge on any atom is 0.132 e. The highest BCUT2D eigenvalue weighted by Crippen LogP contribution is 2.34. The summed E-state index contributed by atoms with van der Waals surface area (Å²) in [5, 5.41) is 9.31. The Morgan fingerprint density at radius 3 is 2.65 bits per heavy atom. The van der Waals surface area contributed by atoms with E-state index in [1.54, 1.807) is 24.3 Å². The lowest BCUT2D eigenvalue weighted by Crippen LogP contribution is -1.90. The SMILES string of the molecule is N#Cc1ccc(Br)cc1-c1c(F)cccc1Cl. The fourth-order valence-electron chi connectivity index (χ4n) is 1.58. The van der Waals surface area contributed by atoms with Gasteiger partial charge < -0.3 is 0 Å². The van der Waals surface area contributed by atoms with E-state index in [1.807, 2.05) is 6.07 Å². The molecule has 0 fully saturated rings. The Balaban J connectivity index is 2.77. The number of benzene rings is 2. The van der Waals surface area contributed by atoms with E-state index in [2.05, 4.69) is 15.9 Å². The van der Waals surface area contributed by atoms with Crippen LogP contribution >= 0.6 is 27.5 Å². The van der Waals surface area contributed by atoms with Gasteiger partial charge in [-0.25, -0.2) is 4.39 Å². The van der Waals surface area contributed by atoms with E-state index in [1.165, 1.54) is 12.1 Å². The third kappa shape index (κ3) is 2.33. The van der Waals surface area contributed by atoms with Crippen molar-refractivity contribution in [3.05, 3.63) is 57.3 Å². The number of hydrogen-bond acceptors (Lipinski definition) is 1. The van der Waals surface area contributed by atoms with E-state index in [4.69, 9.17) is 16.9 Å². The van der Waals surface area contributed by atoms with Crippen molar-refractivity contribution in [2.75, 3.05) is 0 Å². The van der Waals surface area contributed by atoms with Crippen molar-refractivity contribution in [1.29, 1.82) is 5.26 Å². The van der Waals surface area contributed by atoms with Gasteiger partial charge in [-0.2, -0.15) is 5.26 Å². The first-order chi connectivity index (χ1) is 8.13. The van der Waals surface area contributed by atoms with Crippen molar-refractivity contribution in [2.45, 2.75) is 0 Å². The summed E-state index contributed by atoms with van der Waals surface area (Å²) in [5.41, 5.74) is 1.14. The summed E-state index contributed by atoms with van der Waals surface area (Å²) in [7, 11) is 0. The molecule has 2 aromatic rings. The van der Waals surface area contributed by atoms with Crippen LogP contribution in [0.5, 0.6) is 0 Å². The lowest BCUT2D eigenvalue weighted by molar-refractivity contribution is 0.631. The highest BCUT2D eigenvalue weighted by Gasteiger charge is 2.13. The molecule has 2 rings (SSSR count). The van der Waals surface area contributed by atoms with Crippen LogP contribution in [0.2, 0.25) is 5.02 Å². The molecule has 0 saturated heterocycles. The molecule has 0 aliphatic heterocycles. The first kappa shape index (κ1) is 12.1. The van der Waals surface area contributed by atoms with Gasteiger partial charge in [0.1, 0.15) is 5.82 Å². The Morgan fingerprint density at radius 2 is 2.00 bits per heavy atom. The van der Waals surface area contributed by atoms with Crippen molar-refractivity contribution in [2.24, 2.45) is 0 Å².